The van der Waals surface area contributed by atoms with Crippen LogP contribution in [0, 0.1) is 5.82 Å². The largest absolute Gasteiger partial charge is 0.443 e. The van der Waals surface area contributed by atoms with E-state index in [-0.39, 0.29) is 22.8 Å². The third kappa shape index (κ3) is 6.45. The highest BCUT2D eigenvalue weighted by molar-refractivity contribution is 7.90. The Morgan fingerprint density at radius 3 is 2.16 bits per heavy atom. The maximum Gasteiger partial charge on any atom is 0.420 e. The van der Waals surface area contributed by atoms with Crippen LogP contribution in [0.5, 0.6) is 0 Å². The molecule has 0 saturated heterocycles. The van der Waals surface area contributed by atoms with Crippen LogP contribution >= 0.6 is 0 Å². The highest BCUT2D eigenvalue weighted by Crippen LogP contribution is 2.35. The standard InChI is InChI=1S/C32H32FN3O7S/c1-31(2,3)42-29(37)35(30(38)43-32(4,5)6)19-28-34-25-16-20(12-15-27(25)41-28)24-18-36(26-17-21(33)13-14-23(24)26)44(39,40)22-10-8-7-9-11-22/h7-18H,19H2,1-6H3. The molecule has 0 unspecified atom stereocenters. The summed E-state index contributed by atoms with van der Waals surface area (Å²) in [5.74, 6) is -0.534. The summed E-state index contributed by atoms with van der Waals surface area (Å²) in [6.45, 7) is 9.70. The number of oxazole rings is 1. The van der Waals surface area contributed by atoms with Crippen LogP contribution in [0.2, 0.25) is 0 Å². The minimum Gasteiger partial charge on any atom is -0.443 e. The first-order chi connectivity index (χ1) is 20.5. The number of benzene rings is 3. The fourth-order valence-corrected chi connectivity index (χ4v) is 5.87. The molecule has 0 aliphatic rings. The number of aromatic nitrogens is 2. The van der Waals surface area contributed by atoms with Crippen LogP contribution in [-0.2, 0) is 26.0 Å². The number of halogens is 1. The van der Waals surface area contributed by atoms with Gasteiger partial charge in [-0.1, -0.05) is 24.3 Å². The van der Waals surface area contributed by atoms with E-state index >= 15 is 0 Å². The zero-order valence-corrected chi connectivity index (χ0v) is 25.9. The minimum atomic E-state index is -4.04. The molecule has 2 heterocycles. The Bertz CT molecular complexity index is 1960. The molecule has 10 nitrogen and oxygen atoms in total. The molecular formula is C32H32FN3O7S. The molecule has 0 saturated carbocycles. The Hall–Kier alpha value is -4.71. The smallest absolute Gasteiger partial charge is 0.420 e. The van der Waals surface area contributed by atoms with Gasteiger partial charge in [-0.15, -0.1) is 0 Å². The predicted octanol–water partition coefficient (Wildman–Crippen LogP) is 7.50. The monoisotopic (exact) mass is 621 g/mol. The van der Waals surface area contributed by atoms with Crippen molar-refractivity contribution in [1.29, 1.82) is 0 Å². The molecular weight excluding hydrogens is 589 g/mol. The normalized spacial score (nSPS) is 12.4. The van der Waals surface area contributed by atoms with E-state index in [2.05, 4.69) is 4.98 Å². The van der Waals surface area contributed by atoms with Gasteiger partial charge in [-0.05, 0) is 89.6 Å². The van der Waals surface area contributed by atoms with Gasteiger partial charge in [-0.3, -0.25) is 0 Å². The van der Waals surface area contributed by atoms with Crippen molar-refractivity contribution in [3.8, 4) is 11.1 Å². The molecule has 0 fully saturated rings. The molecule has 2 aromatic heterocycles. The van der Waals surface area contributed by atoms with Crippen LogP contribution in [-0.4, -0.2) is 45.7 Å². The van der Waals surface area contributed by atoms with Gasteiger partial charge in [0.15, 0.2) is 5.58 Å². The lowest BCUT2D eigenvalue weighted by Crippen LogP contribution is -2.43. The summed E-state index contributed by atoms with van der Waals surface area (Å²) < 4.78 is 59.1. The van der Waals surface area contributed by atoms with Gasteiger partial charge < -0.3 is 13.9 Å². The second-order valence-corrected chi connectivity index (χ2v) is 14.0. The van der Waals surface area contributed by atoms with Crippen LogP contribution in [0.25, 0.3) is 33.1 Å². The predicted molar refractivity (Wildman–Crippen MR) is 162 cm³/mol. The number of amides is 2. The van der Waals surface area contributed by atoms with Crippen molar-refractivity contribution in [1.82, 2.24) is 13.9 Å². The first-order valence-electron chi connectivity index (χ1n) is 13.8. The fourth-order valence-electron chi connectivity index (χ4n) is 4.49. The summed E-state index contributed by atoms with van der Waals surface area (Å²) >= 11 is 0. The van der Waals surface area contributed by atoms with Crippen LogP contribution in [0.4, 0.5) is 14.0 Å². The first kappa shape index (κ1) is 30.7. The Balaban J connectivity index is 1.54. The molecule has 0 radical (unpaired) electrons. The summed E-state index contributed by atoms with van der Waals surface area (Å²) in [4.78, 5) is 31.2. The van der Waals surface area contributed by atoms with E-state index in [0.29, 0.717) is 27.6 Å². The van der Waals surface area contributed by atoms with Crippen molar-refractivity contribution < 1.29 is 36.3 Å². The van der Waals surface area contributed by atoms with E-state index in [9.17, 15) is 22.4 Å². The highest BCUT2D eigenvalue weighted by Gasteiger charge is 2.33. The number of carbonyl (C=O) groups is 2. The van der Waals surface area contributed by atoms with Gasteiger partial charge in [0.2, 0.25) is 5.89 Å². The van der Waals surface area contributed by atoms with Gasteiger partial charge in [0.25, 0.3) is 10.0 Å². The van der Waals surface area contributed by atoms with Crippen molar-refractivity contribution in [2.45, 2.75) is 64.2 Å². The molecule has 3 aromatic carbocycles. The number of nitrogens with zero attached hydrogens (tertiary/aromatic N) is 3. The Morgan fingerprint density at radius 2 is 1.55 bits per heavy atom. The summed E-state index contributed by atoms with van der Waals surface area (Å²) in [6, 6.07) is 16.9. The number of hydrogen-bond acceptors (Lipinski definition) is 8. The molecule has 12 heteroatoms. The molecule has 44 heavy (non-hydrogen) atoms. The van der Waals surface area contributed by atoms with Gasteiger partial charge in [-0.25, -0.2) is 36.3 Å². The van der Waals surface area contributed by atoms with Crippen LogP contribution in [0.15, 0.2) is 82.2 Å². The van der Waals surface area contributed by atoms with Crippen molar-refractivity contribution in [2.75, 3.05) is 0 Å². The van der Waals surface area contributed by atoms with Gasteiger partial charge in [0.05, 0.1) is 10.4 Å². The van der Waals surface area contributed by atoms with E-state index in [1.54, 1.807) is 77.9 Å². The fraction of sp³-hybridized carbons (Fsp3) is 0.281. The first-order valence-corrected chi connectivity index (χ1v) is 15.2. The van der Waals surface area contributed by atoms with Crippen LogP contribution in [0.3, 0.4) is 0 Å². The molecule has 0 aliphatic heterocycles. The van der Waals surface area contributed by atoms with Crippen molar-refractivity contribution >= 4 is 44.2 Å². The summed E-state index contributed by atoms with van der Waals surface area (Å²) in [7, 11) is -4.04. The molecule has 0 N–H and O–H groups in total. The molecule has 0 atom stereocenters. The van der Waals surface area contributed by atoms with E-state index in [1.165, 1.54) is 36.5 Å². The molecule has 0 aliphatic carbocycles. The number of fused-ring (bicyclic) bond motifs is 2. The highest BCUT2D eigenvalue weighted by atomic mass is 32.2. The third-order valence-corrected chi connectivity index (χ3v) is 7.99. The van der Waals surface area contributed by atoms with Gasteiger partial charge in [-0.2, -0.15) is 0 Å². The molecule has 5 rings (SSSR count). The van der Waals surface area contributed by atoms with Crippen LogP contribution < -0.4 is 0 Å². The number of rotatable bonds is 5. The SMILES string of the molecule is CC(C)(C)OC(=O)N(Cc1nc2cc(-c3cn(S(=O)(=O)c4ccccc4)c4cc(F)ccc34)ccc2o1)C(=O)OC(C)(C)C. The second kappa shape index (κ2) is 11.1. The zero-order chi connectivity index (χ0) is 32.0. The topological polar surface area (TPSA) is 121 Å². The number of hydrogen-bond donors (Lipinski definition) is 0. The summed E-state index contributed by atoms with van der Waals surface area (Å²) in [5.41, 5.74) is 0.300. The van der Waals surface area contributed by atoms with E-state index in [4.69, 9.17) is 13.9 Å². The number of carbonyl (C=O) groups excluding carboxylic acids is 2. The lowest BCUT2D eigenvalue weighted by atomic mass is 10.0. The lowest BCUT2D eigenvalue weighted by molar-refractivity contribution is -0.00168. The van der Waals surface area contributed by atoms with E-state index < -0.39 is 39.2 Å². The molecule has 0 spiro atoms. The van der Waals surface area contributed by atoms with Crippen molar-refractivity contribution in [3.05, 3.63) is 84.6 Å². The Labute approximate surface area is 254 Å². The average molecular weight is 622 g/mol. The number of imide groups is 1. The van der Waals surface area contributed by atoms with Gasteiger partial charge >= 0.3 is 12.2 Å². The zero-order valence-electron chi connectivity index (χ0n) is 25.1. The lowest BCUT2D eigenvalue weighted by Gasteiger charge is -2.27. The third-order valence-electron chi connectivity index (χ3n) is 6.30. The Morgan fingerprint density at radius 1 is 0.909 bits per heavy atom. The quantitative estimate of drug-likeness (QED) is 0.198. The second-order valence-electron chi connectivity index (χ2n) is 12.2. The van der Waals surface area contributed by atoms with Crippen LogP contribution in [0.1, 0.15) is 47.4 Å². The summed E-state index contributed by atoms with van der Waals surface area (Å²) in [5, 5.41) is 0.509. The minimum absolute atomic E-state index is 0.0463. The van der Waals surface area contributed by atoms with Crippen molar-refractivity contribution in [2.24, 2.45) is 0 Å². The molecule has 0 bridgehead atoms. The summed E-state index contributed by atoms with van der Waals surface area (Å²) in [6.07, 6.45) is -0.398. The molecule has 5 aromatic rings. The maximum atomic E-state index is 14.3. The van der Waals surface area contributed by atoms with E-state index in [0.717, 1.165) is 8.87 Å². The van der Waals surface area contributed by atoms with Gasteiger partial charge in [0, 0.05) is 17.1 Å². The molecule has 230 valence electrons. The Kier molecular flexibility index (Phi) is 7.75. The number of ether oxygens (including phenoxy) is 2. The van der Waals surface area contributed by atoms with Gasteiger partial charge in [0.1, 0.15) is 29.1 Å². The van der Waals surface area contributed by atoms with Crippen molar-refractivity contribution in [3.63, 3.8) is 0 Å². The van der Waals surface area contributed by atoms with E-state index in [1.807, 2.05) is 0 Å². The maximum absolute atomic E-state index is 14.3. The average Bonchev–Trinajstić information content (AvgIpc) is 3.50. The molecule has 2 amide bonds.